The predicted octanol–water partition coefficient (Wildman–Crippen LogP) is 1.52. The number of anilines is 1. The fourth-order valence-corrected chi connectivity index (χ4v) is 2.41. The minimum Gasteiger partial charge on any atom is -0.394 e. The molecule has 2 aromatic heterocycles. The molecule has 2 N–H and O–H groups in total. The first kappa shape index (κ1) is 9.66. The number of nitrogens with zero attached hydrogens (tertiary/aromatic N) is 2. The third kappa shape index (κ3) is 1.46. The maximum Gasteiger partial charge on any atom is 0.139 e. The molecule has 0 bridgehead atoms. The van der Waals surface area contributed by atoms with Gasteiger partial charge < -0.3 is 15.0 Å². The summed E-state index contributed by atoms with van der Waals surface area (Å²) in [6.07, 6.45) is 4.09. The highest BCUT2D eigenvalue weighted by Gasteiger charge is 2.24. The van der Waals surface area contributed by atoms with Gasteiger partial charge in [-0.1, -0.05) is 0 Å². The Morgan fingerprint density at radius 1 is 1.44 bits per heavy atom. The summed E-state index contributed by atoms with van der Waals surface area (Å²) in [5, 5.41) is 10.4. The van der Waals surface area contributed by atoms with Crippen LogP contribution in [0.15, 0.2) is 24.4 Å². The van der Waals surface area contributed by atoms with Crippen molar-refractivity contribution >= 4 is 16.9 Å². The van der Waals surface area contributed by atoms with E-state index in [-0.39, 0.29) is 12.6 Å². The molecule has 84 valence electrons. The van der Waals surface area contributed by atoms with Crippen LogP contribution in [0.3, 0.4) is 0 Å². The van der Waals surface area contributed by atoms with E-state index in [2.05, 4.69) is 20.9 Å². The van der Waals surface area contributed by atoms with Crippen molar-refractivity contribution in [3.05, 3.63) is 24.4 Å². The molecule has 4 nitrogen and oxygen atoms in total. The smallest absolute Gasteiger partial charge is 0.139 e. The van der Waals surface area contributed by atoms with E-state index in [0.29, 0.717) is 0 Å². The van der Waals surface area contributed by atoms with Crippen molar-refractivity contribution in [1.82, 2.24) is 9.97 Å². The van der Waals surface area contributed by atoms with Crippen LogP contribution in [0.1, 0.15) is 12.8 Å². The molecule has 0 amide bonds. The van der Waals surface area contributed by atoms with E-state index in [1.165, 1.54) is 0 Å². The van der Waals surface area contributed by atoms with Gasteiger partial charge in [-0.15, -0.1) is 0 Å². The highest BCUT2D eigenvalue weighted by molar-refractivity contribution is 5.77. The summed E-state index contributed by atoms with van der Waals surface area (Å²) < 4.78 is 0. The number of rotatable bonds is 2. The van der Waals surface area contributed by atoms with Crippen molar-refractivity contribution in [2.24, 2.45) is 0 Å². The zero-order valence-corrected chi connectivity index (χ0v) is 9.06. The van der Waals surface area contributed by atoms with E-state index >= 15 is 0 Å². The summed E-state index contributed by atoms with van der Waals surface area (Å²) in [5.41, 5.74) is 0.918. The normalized spacial score (nSPS) is 20.8. The van der Waals surface area contributed by atoms with Gasteiger partial charge in [0.15, 0.2) is 0 Å². The monoisotopic (exact) mass is 217 g/mol. The van der Waals surface area contributed by atoms with Crippen molar-refractivity contribution in [3.8, 4) is 0 Å². The number of pyridine rings is 1. The molecule has 1 aliphatic heterocycles. The Bertz CT molecular complexity index is 494. The number of aliphatic hydroxyl groups is 1. The molecule has 3 rings (SSSR count). The van der Waals surface area contributed by atoms with Crippen LogP contribution in [0.4, 0.5) is 5.82 Å². The molecule has 1 fully saturated rings. The Hall–Kier alpha value is -1.55. The van der Waals surface area contributed by atoms with E-state index < -0.39 is 0 Å². The van der Waals surface area contributed by atoms with Crippen molar-refractivity contribution in [2.45, 2.75) is 18.9 Å². The Labute approximate surface area is 93.9 Å². The molecule has 0 saturated carbocycles. The van der Waals surface area contributed by atoms with E-state index in [1.54, 1.807) is 0 Å². The number of hydrogen-bond acceptors (Lipinski definition) is 3. The van der Waals surface area contributed by atoms with Crippen LogP contribution in [0.25, 0.3) is 11.0 Å². The van der Waals surface area contributed by atoms with Crippen molar-refractivity contribution < 1.29 is 5.11 Å². The topological polar surface area (TPSA) is 52.1 Å². The summed E-state index contributed by atoms with van der Waals surface area (Å²) in [5.74, 6) is 0.964. The molecule has 16 heavy (non-hydrogen) atoms. The predicted molar refractivity (Wildman–Crippen MR) is 63.5 cm³/mol. The first-order chi connectivity index (χ1) is 7.88. The van der Waals surface area contributed by atoms with Gasteiger partial charge in [0.05, 0.1) is 12.6 Å². The minimum absolute atomic E-state index is 0.213. The largest absolute Gasteiger partial charge is 0.394 e. The van der Waals surface area contributed by atoms with Crippen molar-refractivity contribution in [3.63, 3.8) is 0 Å². The summed E-state index contributed by atoms with van der Waals surface area (Å²) in [6, 6.07) is 6.35. The lowest BCUT2D eigenvalue weighted by Gasteiger charge is -2.23. The molecule has 0 unspecified atom stereocenters. The number of aliphatic hydroxyl groups excluding tert-OH is 1. The van der Waals surface area contributed by atoms with Crippen LogP contribution in [-0.2, 0) is 0 Å². The van der Waals surface area contributed by atoms with Gasteiger partial charge in [0, 0.05) is 18.1 Å². The number of aromatic nitrogens is 2. The molecule has 0 aromatic carbocycles. The average Bonchev–Trinajstić information content (AvgIpc) is 2.96. The van der Waals surface area contributed by atoms with E-state index in [4.69, 9.17) is 0 Å². The summed E-state index contributed by atoms with van der Waals surface area (Å²) in [4.78, 5) is 9.89. The molecule has 1 aliphatic rings. The highest BCUT2D eigenvalue weighted by Crippen LogP contribution is 2.25. The summed E-state index contributed by atoms with van der Waals surface area (Å²) >= 11 is 0. The van der Waals surface area contributed by atoms with Gasteiger partial charge in [-0.2, -0.15) is 0 Å². The van der Waals surface area contributed by atoms with Crippen molar-refractivity contribution in [2.75, 3.05) is 18.1 Å². The maximum absolute atomic E-state index is 9.29. The van der Waals surface area contributed by atoms with Crippen LogP contribution in [0.2, 0.25) is 0 Å². The van der Waals surface area contributed by atoms with Gasteiger partial charge in [-0.3, -0.25) is 0 Å². The second-order valence-corrected chi connectivity index (χ2v) is 4.26. The van der Waals surface area contributed by atoms with Gasteiger partial charge in [0.2, 0.25) is 0 Å². The van der Waals surface area contributed by atoms with E-state index in [1.807, 2.05) is 18.3 Å². The van der Waals surface area contributed by atoms with Gasteiger partial charge in [0.1, 0.15) is 11.5 Å². The molecule has 0 aliphatic carbocycles. The molecule has 0 radical (unpaired) electrons. The molecular weight excluding hydrogens is 202 g/mol. The second-order valence-electron chi connectivity index (χ2n) is 4.26. The van der Waals surface area contributed by atoms with Gasteiger partial charge in [-0.05, 0) is 31.0 Å². The molecule has 2 aromatic rings. The van der Waals surface area contributed by atoms with E-state index in [0.717, 1.165) is 36.2 Å². The fraction of sp³-hybridized carbons (Fsp3) is 0.417. The molecule has 0 spiro atoms. The van der Waals surface area contributed by atoms with Crippen LogP contribution >= 0.6 is 0 Å². The molecule has 1 saturated heterocycles. The fourth-order valence-electron chi connectivity index (χ4n) is 2.41. The minimum atomic E-state index is 0.213. The lowest BCUT2D eigenvalue weighted by Crippen LogP contribution is -2.32. The van der Waals surface area contributed by atoms with E-state index in [9.17, 15) is 5.11 Å². The summed E-state index contributed by atoms with van der Waals surface area (Å²) in [6.45, 7) is 1.20. The van der Waals surface area contributed by atoms with Crippen LogP contribution in [0.5, 0.6) is 0 Å². The molecule has 1 atom stereocenters. The first-order valence-electron chi connectivity index (χ1n) is 5.70. The lowest BCUT2D eigenvalue weighted by molar-refractivity contribution is 0.266. The maximum atomic E-state index is 9.29. The summed E-state index contributed by atoms with van der Waals surface area (Å²) in [7, 11) is 0. The average molecular weight is 217 g/mol. The number of fused-ring (bicyclic) bond motifs is 1. The van der Waals surface area contributed by atoms with Gasteiger partial charge in [0.25, 0.3) is 0 Å². The Morgan fingerprint density at radius 3 is 3.25 bits per heavy atom. The second kappa shape index (κ2) is 3.79. The lowest BCUT2D eigenvalue weighted by atomic mass is 10.2. The molecular formula is C12H15N3O. The first-order valence-corrected chi connectivity index (χ1v) is 5.70. The van der Waals surface area contributed by atoms with Crippen LogP contribution in [0, 0.1) is 0 Å². The van der Waals surface area contributed by atoms with Crippen molar-refractivity contribution in [1.29, 1.82) is 0 Å². The SMILES string of the molecule is OC[C@@H]1CCCN1c1ccc2cc[nH]c2n1. The third-order valence-electron chi connectivity index (χ3n) is 3.28. The zero-order chi connectivity index (χ0) is 11.0. The number of hydrogen-bond donors (Lipinski definition) is 2. The standard InChI is InChI=1S/C12H15N3O/c16-8-10-2-1-7-15(10)11-4-3-9-5-6-13-12(9)14-11/h3-6,10,16H,1-2,7-8H2,(H,13,14)/t10-/m0/s1. The van der Waals surface area contributed by atoms with Gasteiger partial charge >= 0.3 is 0 Å². The number of aromatic amines is 1. The zero-order valence-electron chi connectivity index (χ0n) is 9.06. The van der Waals surface area contributed by atoms with Gasteiger partial charge in [-0.25, -0.2) is 4.98 Å². The van der Waals surface area contributed by atoms with Crippen LogP contribution in [-0.4, -0.2) is 34.3 Å². The Morgan fingerprint density at radius 2 is 2.38 bits per heavy atom. The Kier molecular flexibility index (Phi) is 2.29. The number of H-pyrrole nitrogens is 1. The Balaban J connectivity index is 1.98. The molecule has 3 heterocycles. The quantitative estimate of drug-likeness (QED) is 0.802. The van der Waals surface area contributed by atoms with Crippen LogP contribution < -0.4 is 4.90 Å². The molecule has 4 heteroatoms. The third-order valence-corrected chi connectivity index (χ3v) is 3.28. The number of nitrogens with one attached hydrogen (secondary N) is 1. The highest BCUT2D eigenvalue weighted by atomic mass is 16.3.